The molecule has 1 aromatic carbocycles. The van der Waals surface area contributed by atoms with Crippen molar-refractivity contribution in [3.63, 3.8) is 0 Å². The summed E-state index contributed by atoms with van der Waals surface area (Å²) in [7, 11) is 1.55. The van der Waals surface area contributed by atoms with Crippen LogP contribution >= 0.6 is 24.0 Å². The number of benzene rings is 1. The molecule has 0 fully saturated rings. The fourth-order valence-electron chi connectivity index (χ4n) is 1.40. The van der Waals surface area contributed by atoms with E-state index in [0.29, 0.717) is 18.1 Å². The van der Waals surface area contributed by atoms with E-state index in [4.69, 9.17) is 6.42 Å². The predicted octanol–water partition coefficient (Wildman–Crippen LogP) is 2.62. The van der Waals surface area contributed by atoms with Crippen molar-refractivity contribution >= 4 is 29.9 Å². The van der Waals surface area contributed by atoms with Crippen LogP contribution in [-0.2, 0) is 12.7 Å². The lowest BCUT2D eigenvalue weighted by molar-refractivity contribution is -0.137. The summed E-state index contributed by atoms with van der Waals surface area (Å²) < 4.78 is 37.6. The van der Waals surface area contributed by atoms with Gasteiger partial charge in [0.15, 0.2) is 5.96 Å². The number of rotatable bonds is 3. The van der Waals surface area contributed by atoms with Crippen LogP contribution in [0.3, 0.4) is 0 Å². The lowest BCUT2D eigenvalue weighted by Crippen LogP contribution is -2.36. The highest BCUT2D eigenvalue weighted by molar-refractivity contribution is 14.0. The quantitative estimate of drug-likeness (QED) is 0.356. The number of terminal acetylenes is 1. The van der Waals surface area contributed by atoms with Crippen LogP contribution < -0.4 is 10.6 Å². The van der Waals surface area contributed by atoms with Crippen LogP contribution in [0, 0.1) is 12.3 Å². The average molecular weight is 397 g/mol. The Bertz CT molecular complexity index is 492. The van der Waals surface area contributed by atoms with E-state index in [1.165, 1.54) is 6.07 Å². The van der Waals surface area contributed by atoms with Crippen molar-refractivity contribution in [3.8, 4) is 12.3 Å². The van der Waals surface area contributed by atoms with E-state index in [9.17, 15) is 13.2 Å². The largest absolute Gasteiger partial charge is 0.416 e. The van der Waals surface area contributed by atoms with Crippen LogP contribution in [-0.4, -0.2) is 19.6 Å². The van der Waals surface area contributed by atoms with Gasteiger partial charge in [0.05, 0.1) is 12.1 Å². The van der Waals surface area contributed by atoms with Gasteiger partial charge in [-0.3, -0.25) is 4.99 Å². The van der Waals surface area contributed by atoms with E-state index in [1.807, 2.05) is 0 Å². The molecule has 110 valence electrons. The Morgan fingerprint density at radius 1 is 1.35 bits per heavy atom. The van der Waals surface area contributed by atoms with Crippen molar-refractivity contribution in [2.45, 2.75) is 12.7 Å². The Hall–Kier alpha value is -1.43. The van der Waals surface area contributed by atoms with E-state index in [2.05, 4.69) is 21.5 Å². The molecule has 0 aromatic heterocycles. The number of aliphatic imine (C=N–C) groups is 1. The first-order chi connectivity index (χ1) is 8.97. The Labute approximate surface area is 133 Å². The van der Waals surface area contributed by atoms with Gasteiger partial charge in [0.25, 0.3) is 0 Å². The van der Waals surface area contributed by atoms with E-state index in [-0.39, 0.29) is 30.5 Å². The number of hydrogen-bond acceptors (Lipinski definition) is 1. The molecule has 0 aliphatic rings. The highest BCUT2D eigenvalue weighted by Crippen LogP contribution is 2.29. The molecule has 0 atom stereocenters. The molecule has 0 heterocycles. The van der Waals surface area contributed by atoms with E-state index >= 15 is 0 Å². The summed E-state index contributed by atoms with van der Waals surface area (Å²) in [5.41, 5.74) is -0.156. The minimum Gasteiger partial charge on any atom is -0.352 e. The minimum atomic E-state index is -4.33. The van der Waals surface area contributed by atoms with Crippen molar-refractivity contribution in [1.29, 1.82) is 0 Å². The highest BCUT2D eigenvalue weighted by Gasteiger charge is 2.30. The molecule has 0 aliphatic carbocycles. The predicted molar refractivity (Wildman–Crippen MR) is 83.9 cm³/mol. The monoisotopic (exact) mass is 397 g/mol. The Morgan fingerprint density at radius 3 is 2.60 bits per heavy atom. The van der Waals surface area contributed by atoms with Gasteiger partial charge in [-0.25, -0.2) is 0 Å². The second-order valence-corrected chi connectivity index (χ2v) is 3.68. The second kappa shape index (κ2) is 8.68. The summed E-state index contributed by atoms with van der Waals surface area (Å²) in [6, 6.07) is 5.12. The molecular formula is C13H15F3IN3. The van der Waals surface area contributed by atoms with Crippen molar-refractivity contribution in [2.24, 2.45) is 4.99 Å². The zero-order valence-corrected chi connectivity index (χ0v) is 13.1. The number of guanidine groups is 1. The lowest BCUT2D eigenvalue weighted by Gasteiger charge is -2.12. The molecule has 0 spiro atoms. The number of nitrogens with one attached hydrogen (secondary N) is 2. The fourth-order valence-corrected chi connectivity index (χ4v) is 1.40. The summed E-state index contributed by atoms with van der Waals surface area (Å²) in [6.45, 7) is 0.524. The van der Waals surface area contributed by atoms with Gasteiger partial charge in [-0.1, -0.05) is 18.1 Å². The molecule has 20 heavy (non-hydrogen) atoms. The number of nitrogens with zero attached hydrogens (tertiary/aromatic N) is 1. The molecule has 0 bridgehead atoms. The summed E-state index contributed by atoms with van der Waals surface area (Å²) in [6.07, 6.45) is 0.752. The van der Waals surface area contributed by atoms with Gasteiger partial charge in [-0.05, 0) is 17.7 Å². The average Bonchev–Trinajstić information content (AvgIpc) is 2.38. The van der Waals surface area contributed by atoms with Gasteiger partial charge < -0.3 is 10.6 Å². The second-order valence-electron chi connectivity index (χ2n) is 3.68. The number of hydrogen-bond donors (Lipinski definition) is 2. The SMILES string of the molecule is C#CCNC(=NC)NCc1cccc(C(F)(F)F)c1.I. The zero-order valence-electron chi connectivity index (χ0n) is 10.8. The first-order valence-electron chi connectivity index (χ1n) is 5.51. The van der Waals surface area contributed by atoms with Gasteiger partial charge in [-0.15, -0.1) is 30.4 Å². The molecule has 2 N–H and O–H groups in total. The van der Waals surface area contributed by atoms with E-state index < -0.39 is 11.7 Å². The van der Waals surface area contributed by atoms with Gasteiger partial charge >= 0.3 is 6.18 Å². The van der Waals surface area contributed by atoms with Gasteiger partial charge in [0.1, 0.15) is 0 Å². The topological polar surface area (TPSA) is 36.4 Å². The van der Waals surface area contributed by atoms with Crippen molar-refractivity contribution in [1.82, 2.24) is 10.6 Å². The Morgan fingerprint density at radius 2 is 2.05 bits per heavy atom. The molecule has 0 amide bonds. The Balaban J connectivity index is 0.00000361. The molecule has 0 saturated carbocycles. The van der Waals surface area contributed by atoms with Crippen LogP contribution in [0.1, 0.15) is 11.1 Å². The van der Waals surface area contributed by atoms with Crippen LogP contribution in [0.5, 0.6) is 0 Å². The molecule has 0 aliphatic heterocycles. The maximum Gasteiger partial charge on any atom is 0.416 e. The van der Waals surface area contributed by atoms with Gasteiger partial charge in [-0.2, -0.15) is 13.2 Å². The van der Waals surface area contributed by atoms with Gasteiger partial charge in [0.2, 0.25) is 0 Å². The third-order valence-electron chi connectivity index (χ3n) is 2.30. The first kappa shape index (κ1) is 18.6. The van der Waals surface area contributed by atoms with Crippen molar-refractivity contribution in [2.75, 3.05) is 13.6 Å². The summed E-state index contributed by atoms with van der Waals surface area (Å²) >= 11 is 0. The smallest absolute Gasteiger partial charge is 0.352 e. The first-order valence-corrected chi connectivity index (χ1v) is 5.51. The summed E-state index contributed by atoms with van der Waals surface area (Å²) in [5.74, 6) is 2.82. The zero-order chi connectivity index (χ0) is 14.3. The van der Waals surface area contributed by atoms with E-state index in [1.54, 1.807) is 13.1 Å². The maximum absolute atomic E-state index is 12.5. The molecule has 7 heteroatoms. The molecular weight excluding hydrogens is 382 g/mol. The minimum absolute atomic E-state index is 0. The third kappa shape index (κ3) is 6.14. The third-order valence-corrected chi connectivity index (χ3v) is 2.30. The molecule has 1 aromatic rings. The van der Waals surface area contributed by atoms with Crippen LogP contribution in [0.2, 0.25) is 0 Å². The van der Waals surface area contributed by atoms with Crippen molar-refractivity contribution < 1.29 is 13.2 Å². The molecule has 0 radical (unpaired) electrons. The lowest BCUT2D eigenvalue weighted by atomic mass is 10.1. The van der Waals surface area contributed by atoms with Crippen molar-refractivity contribution in [3.05, 3.63) is 35.4 Å². The maximum atomic E-state index is 12.5. The Kier molecular flexibility index (Phi) is 8.06. The molecule has 0 saturated heterocycles. The van der Waals surface area contributed by atoms with Crippen LogP contribution in [0.25, 0.3) is 0 Å². The normalized spacial score (nSPS) is 11.2. The summed E-state index contributed by atoms with van der Waals surface area (Å²) in [5, 5.41) is 5.69. The highest BCUT2D eigenvalue weighted by atomic mass is 127. The van der Waals surface area contributed by atoms with Gasteiger partial charge in [0, 0.05) is 13.6 Å². The molecule has 0 unspecified atom stereocenters. The van der Waals surface area contributed by atoms with Crippen LogP contribution in [0.4, 0.5) is 13.2 Å². The number of alkyl halides is 3. The standard InChI is InChI=1S/C13H14F3N3.HI/c1-3-7-18-12(17-2)19-9-10-5-4-6-11(8-10)13(14,15)16;/h1,4-6,8H,7,9H2,2H3,(H2,17,18,19);1H. The fraction of sp³-hybridized carbons (Fsp3) is 0.308. The van der Waals surface area contributed by atoms with Crippen LogP contribution in [0.15, 0.2) is 29.3 Å². The van der Waals surface area contributed by atoms with E-state index in [0.717, 1.165) is 12.1 Å². The summed E-state index contributed by atoms with van der Waals surface area (Å²) in [4.78, 5) is 3.89. The number of halogens is 4. The molecule has 1 rings (SSSR count). The molecule has 3 nitrogen and oxygen atoms in total.